The van der Waals surface area contributed by atoms with Gasteiger partial charge in [-0.15, -0.1) is 0 Å². The summed E-state index contributed by atoms with van der Waals surface area (Å²) in [5.74, 6) is -0.0893. The van der Waals surface area contributed by atoms with Crippen LogP contribution in [0.3, 0.4) is 0 Å². The number of hydrogen-bond donors (Lipinski definition) is 3. The van der Waals surface area contributed by atoms with Crippen molar-refractivity contribution in [2.45, 2.75) is 52.6 Å². The first-order valence-corrected chi connectivity index (χ1v) is 6.21. The number of amides is 2. The van der Waals surface area contributed by atoms with Gasteiger partial charge in [0.15, 0.2) is 0 Å². The van der Waals surface area contributed by atoms with Crippen LogP contribution < -0.4 is 16.4 Å². The van der Waals surface area contributed by atoms with E-state index in [9.17, 15) is 9.59 Å². The number of rotatable bonds is 7. The van der Waals surface area contributed by atoms with Crippen molar-refractivity contribution in [3.8, 4) is 0 Å². The Hall–Kier alpha value is -1.10. The molecule has 0 spiro atoms. The zero-order valence-electron chi connectivity index (χ0n) is 11.2. The van der Waals surface area contributed by atoms with E-state index in [0.717, 1.165) is 6.42 Å². The van der Waals surface area contributed by atoms with Crippen LogP contribution in [0.25, 0.3) is 0 Å². The highest BCUT2D eigenvalue weighted by atomic mass is 16.2. The van der Waals surface area contributed by atoms with E-state index in [1.165, 1.54) is 0 Å². The Balaban J connectivity index is 3.82. The van der Waals surface area contributed by atoms with Gasteiger partial charge in [0, 0.05) is 19.0 Å². The van der Waals surface area contributed by atoms with Crippen molar-refractivity contribution in [2.75, 3.05) is 6.54 Å². The summed E-state index contributed by atoms with van der Waals surface area (Å²) in [6.45, 7) is 8.07. The summed E-state index contributed by atoms with van der Waals surface area (Å²) >= 11 is 0. The van der Waals surface area contributed by atoms with Crippen LogP contribution >= 0.6 is 0 Å². The molecular formula is C12H25N3O2. The SMILES string of the molecule is CCC(C)[C@H](N)C(=O)NCCC(=O)NC(C)C. The van der Waals surface area contributed by atoms with Crippen molar-refractivity contribution in [2.24, 2.45) is 11.7 Å². The van der Waals surface area contributed by atoms with Crippen LogP contribution in [0.15, 0.2) is 0 Å². The molecule has 0 aromatic rings. The summed E-state index contributed by atoms with van der Waals surface area (Å²) in [4.78, 5) is 22.9. The van der Waals surface area contributed by atoms with E-state index in [4.69, 9.17) is 5.73 Å². The zero-order valence-corrected chi connectivity index (χ0v) is 11.2. The van der Waals surface area contributed by atoms with E-state index in [0.29, 0.717) is 6.54 Å². The second-order valence-electron chi connectivity index (χ2n) is 4.67. The Labute approximate surface area is 104 Å². The normalized spacial score (nSPS) is 14.2. The summed E-state index contributed by atoms with van der Waals surface area (Å²) in [7, 11) is 0. The first kappa shape index (κ1) is 15.9. The monoisotopic (exact) mass is 243 g/mol. The van der Waals surface area contributed by atoms with Gasteiger partial charge < -0.3 is 16.4 Å². The molecule has 0 saturated heterocycles. The molecule has 2 amide bonds. The maximum Gasteiger partial charge on any atom is 0.237 e. The van der Waals surface area contributed by atoms with E-state index < -0.39 is 6.04 Å². The number of carbonyl (C=O) groups is 2. The minimum absolute atomic E-state index is 0.0580. The van der Waals surface area contributed by atoms with E-state index in [1.54, 1.807) is 0 Å². The molecule has 4 N–H and O–H groups in total. The highest BCUT2D eigenvalue weighted by molar-refractivity contribution is 5.82. The molecule has 0 aromatic heterocycles. The molecule has 0 radical (unpaired) electrons. The predicted molar refractivity (Wildman–Crippen MR) is 68.3 cm³/mol. The molecule has 2 atom stereocenters. The molecule has 0 fully saturated rings. The fourth-order valence-corrected chi connectivity index (χ4v) is 1.32. The maximum atomic E-state index is 11.6. The van der Waals surface area contributed by atoms with Crippen LogP contribution in [-0.4, -0.2) is 30.4 Å². The highest BCUT2D eigenvalue weighted by Crippen LogP contribution is 2.04. The van der Waals surface area contributed by atoms with Gasteiger partial charge in [0.2, 0.25) is 11.8 Å². The number of carbonyl (C=O) groups excluding carboxylic acids is 2. The molecule has 100 valence electrons. The molecule has 5 heteroatoms. The molecule has 0 aliphatic heterocycles. The molecule has 1 unspecified atom stereocenters. The molecule has 0 heterocycles. The fraction of sp³-hybridized carbons (Fsp3) is 0.833. The third-order valence-electron chi connectivity index (χ3n) is 2.66. The second-order valence-corrected chi connectivity index (χ2v) is 4.67. The van der Waals surface area contributed by atoms with Gasteiger partial charge in [-0.1, -0.05) is 20.3 Å². The quantitative estimate of drug-likeness (QED) is 0.605. The van der Waals surface area contributed by atoms with Crippen LogP contribution in [0.1, 0.15) is 40.5 Å². The van der Waals surface area contributed by atoms with Crippen molar-refractivity contribution in [1.82, 2.24) is 10.6 Å². The van der Waals surface area contributed by atoms with Crippen LogP contribution in [0.4, 0.5) is 0 Å². The van der Waals surface area contributed by atoms with Gasteiger partial charge in [0.25, 0.3) is 0 Å². The van der Waals surface area contributed by atoms with Crippen LogP contribution in [0, 0.1) is 5.92 Å². The van der Waals surface area contributed by atoms with Gasteiger partial charge >= 0.3 is 0 Å². The van der Waals surface area contributed by atoms with Crippen molar-refractivity contribution >= 4 is 11.8 Å². The van der Waals surface area contributed by atoms with Gasteiger partial charge in [-0.2, -0.15) is 0 Å². The van der Waals surface area contributed by atoms with Crippen molar-refractivity contribution in [3.05, 3.63) is 0 Å². The van der Waals surface area contributed by atoms with E-state index in [2.05, 4.69) is 10.6 Å². The molecule has 0 aliphatic carbocycles. The van der Waals surface area contributed by atoms with Gasteiger partial charge in [-0.05, 0) is 19.8 Å². The molecule has 0 saturated carbocycles. The molecular weight excluding hydrogens is 218 g/mol. The number of nitrogens with two attached hydrogens (primary N) is 1. The van der Waals surface area contributed by atoms with Gasteiger partial charge in [-0.25, -0.2) is 0 Å². The molecule has 0 rings (SSSR count). The number of hydrogen-bond acceptors (Lipinski definition) is 3. The summed E-state index contributed by atoms with van der Waals surface area (Å²) in [5.41, 5.74) is 5.76. The van der Waals surface area contributed by atoms with Gasteiger partial charge in [0.05, 0.1) is 6.04 Å². The van der Waals surface area contributed by atoms with Gasteiger partial charge in [-0.3, -0.25) is 9.59 Å². The standard InChI is InChI=1S/C12H25N3O2/c1-5-9(4)11(13)12(17)14-7-6-10(16)15-8(2)3/h8-9,11H,5-7,13H2,1-4H3,(H,14,17)(H,15,16)/t9?,11-/m0/s1. The molecule has 5 nitrogen and oxygen atoms in total. The van der Waals surface area contributed by atoms with Crippen molar-refractivity contribution in [1.29, 1.82) is 0 Å². The van der Waals surface area contributed by atoms with E-state index in [-0.39, 0.29) is 30.2 Å². The summed E-state index contributed by atoms with van der Waals surface area (Å²) in [6, 6.07) is -0.367. The fourth-order valence-electron chi connectivity index (χ4n) is 1.32. The van der Waals surface area contributed by atoms with Crippen LogP contribution in [0.5, 0.6) is 0 Å². The lowest BCUT2D eigenvalue weighted by Crippen LogP contribution is -2.45. The zero-order chi connectivity index (χ0) is 13.4. The lowest BCUT2D eigenvalue weighted by molar-refractivity contribution is -0.124. The van der Waals surface area contributed by atoms with Crippen molar-refractivity contribution in [3.63, 3.8) is 0 Å². The van der Waals surface area contributed by atoms with Gasteiger partial charge in [0.1, 0.15) is 0 Å². The van der Waals surface area contributed by atoms with Crippen molar-refractivity contribution < 1.29 is 9.59 Å². The van der Waals surface area contributed by atoms with Crippen LogP contribution in [-0.2, 0) is 9.59 Å². The summed E-state index contributed by atoms with van der Waals surface area (Å²) in [6.07, 6.45) is 1.15. The second kappa shape index (κ2) is 8.06. The van der Waals surface area contributed by atoms with E-state index >= 15 is 0 Å². The Kier molecular flexibility index (Phi) is 7.54. The molecule has 0 aliphatic rings. The lowest BCUT2D eigenvalue weighted by Gasteiger charge is -2.17. The number of nitrogens with one attached hydrogen (secondary N) is 2. The minimum atomic E-state index is -0.492. The average molecular weight is 243 g/mol. The summed E-state index contributed by atoms with van der Waals surface area (Å²) < 4.78 is 0. The van der Waals surface area contributed by atoms with Crippen LogP contribution in [0.2, 0.25) is 0 Å². The average Bonchev–Trinajstić information content (AvgIpc) is 2.25. The lowest BCUT2D eigenvalue weighted by atomic mass is 9.99. The Morgan fingerprint density at radius 2 is 1.82 bits per heavy atom. The Morgan fingerprint density at radius 1 is 1.24 bits per heavy atom. The smallest absolute Gasteiger partial charge is 0.237 e. The largest absolute Gasteiger partial charge is 0.354 e. The molecule has 0 aromatic carbocycles. The third kappa shape index (κ3) is 6.94. The molecule has 17 heavy (non-hydrogen) atoms. The topological polar surface area (TPSA) is 84.2 Å². The Morgan fingerprint density at radius 3 is 2.29 bits per heavy atom. The van der Waals surface area contributed by atoms with E-state index in [1.807, 2.05) is 27.7 Å². The minimum Gasteiger partial charge on any atom is -0.354 e. The first-order chi connectivity index (χ1) is 7.88. The first-order valence-electron chi connectivity index (χ1n) is 6.21. The molecule has 0 bridgehead atoms. The highest BCUT2D eigenvalue weighted by Gasteiger charge is 2.18. The predicted octanol–water partition coefficient (Wildman–Crippen LogP) is 0.391. The summed E-state index contributed by atoms with van der Waals surface area (Å²) in [5, 5.41) is 5.44. The maximum absolute atomic E-state index is 11.6. The Bertz CT molecular complexity index is 254. The third-order valence-corrected chi connectivity index (χ3v) is 2.66.